The third kappa shape index (κ3) is 3.62. The lowest BCUT2D eigenvalue weighted by Crippen LogP contribution is -2.24. The molecule has 3 rings (SSSR count). The van der Waals surface area contributed by atoms with Crippen LogP contribution >= 0.6 is 0 Å². The van der Waals surface area contributed by atoms with Gasteiger partial charge < -0.3 is 4.74 Å². The Morgan fingerprint density at radius 2 is 1.29 bits per heavy atom. The molecule has 2 aliphatic rings. The van der Waals surface area contributed by atoms with Crippen molar-refractivity contribution < 1.29 is 4.74 Å². The Kier molecular flexibility index (Phi) is 4.87. The average Bonchev–Trinajstić information content (AvgIpc) is 2.56. The highest BCUT2D eigenvalue weighted by Crippen LogP contribution is 2.43. The molecule has 0 saturated heterocycles. The second-order valence-electron chi connectivity index (χ2n) is 7.40. The smallest absolute Gasteiger partial charge is 0.118 e. The molecule has 2 saturated carbocycles. The number of ether oxygens (including phenoxy) is 1. The summed E-state index contributed by atoms with van der Waals surface area (Å²) in [4.78, 5) is 0. The maximum absolute atomic E-state index is 5.26. The van der Waals surface area contributed by atoms with Crippen molar-refractivity contribution in [1.29, 1.82) is 0 Å². The molecule has 0 bridgehead atoms. The molecule has 0 radical (unpaired) electrons. The maximum Gasteiger partial charge on any atom is 0.118 e. The maximum atomic E-state index is 5.26. The molecule has 0 amide bonds. The van der Waals surface area contributed by atoms with Gasteiger partial charge >= 0.3 is 0 Å². The SMILES string of the molecule is COc1ccc(C2CCC(C3CCC(C)CC3)CC2)cc1. The Morgan fingerprint density at radius 3 is 1.81 bits per heavy atom. The largest absolute Gasteiger partial charge is 0.497 e. The molecule has 116 valence electrons. The Balaban J connectivity index is 1.52. The van der Waals surface area contributed by atoms with Crippen molar-refractivity contribution in [3.8, 4) is 5.75 Å². The molecule has 2 fully saturated rings. The first-order valence-electron chi connectivity index (χ1n) is 8.90. The van der Waals surface area contributed by atoms with Gasteiger partial charge in [0.25, 0.3) is 0 Å². The van der Waals surface area contributed by atoms with Crippen molar-refractivity contribution in [2.45, 2.75) is 64.2 Å². The van der Waals surface area contributed by atoms with E-state index in [0.29, 0.717) is 0 Å². The van der Waals surface area contributed by atoms with E-state index in [4.69, 9.17) is 4.74 Å². The summed E-state index contributed by atoms with van der Waals surface area (Å²) in [5, 5.41) is 0. The fourth-order valence-corrected chi connectivity index (χ4v) is 4.56. The minimum absolute atomic E-state index is 0.787. The first-order valence-corrected chi connectivity index (χ1v) is 8.90. The molecule has 1 heteroatoms. The predicted molar refractivity (Wildman–Crippen MR) is 88.8 cm³/mol. The van der Waals surface area contributed by atoms with Gasteiger partial charge in [-0.1, -0.05) is 31.9 Å². The summed E-state index contributed by atoms with van der Waals surface area (Å²) in [5.41, 5.74) is 1.52. The molecule has 0 atom stereocenters. The van der Waals surface area contributed by atoms with Crippen molar-refractivity contribution in [3.63, 3.8) is 0 Å². The summed E-state index contributed by atoms with van der Waals surface area (Å²) in [7, 11) is 1.74. The second-order valence-corrected chi connectivity index (χ2v) is 7.40. The predicted octanol–water partition coefficient (Wildman–Crippen LogP) is 5.80. The Morgan fingerprint density at radius 1 is 0.762 bits per heavy atom. The van der Waals surface area contributed by atoms with E-state index in [9.17, 15) is 0 Å². The zero-order valence-corrected chi connectivity index (χ0v) is 13.7. The van der Waals surface area contributed by atoms with Crippen molar-refractivity contribution >= 4 is 0 Å². The summed E-state index contributed by atoms with van der Waals surface area (Å²) >= 11 is 0. The minimum atomic E-state index is 0.787. The summed E-state index contributed by atoms with van der Waals surface area (Å²) in [6.45, 7) is 2.43. The van der Waals surface area contributed by atoms with Crippen LogP contribution in [0.25, 0.3) is 0 Å². The van der Waals surface area contributed by atoms with Crippen molar-refractivity contribution in [2.75, 3.05) is 7.11 Å². The first-order chi connectivity index (χ1) is 10.3. The van der Waals surface area contributed by atoms with E-state index < -0.39 is 0 Å². The first kappa shape index (κ1) is 14.9. The summed E-state index contributed by atoms with van der Waals surface area (Å²) < 4.78 is 5.26. The molecule has 2 aliphatic carbocycles. The van der Waals surface area contributed by atoms with Crippen LogP contribution in [0.5, 0.6) is 5.75 Å². The average molecular weight is 286 g/mol. The van der Waals surface area contributed by atoms with Crippen LogP contribution in [0.3, 0.4) is 0 Å². The molecule has 0 unspecified atom stereocenters. The summed E-state index contributed by atoms with van der Waals surface area (Å²) in [5.74, 6) is 4.81. The molecule has 21 heavy (non-hydrogen) atoms. The van der Waals surface area contributed by atoms with Crippen LogP contribution in [0.2, 0.25) is 0 Å². The Bertz CT molecular complexity index is 420. The van der Waals surface area contributed by atoms with Crippen molar-refractivity contribution in [1.82, 2.24) is 0 Å². The van der Waals surface area contributed by atoms with E-state index in [-0.39, 0.29) is 0 Å². The van der Waals surface area contributed by atoms with Gasteiger partial charge in [0.15, 0.2) is 0 Å². The zero-order valence-electron chi connectivity index (χ0n) is 13.7. The highest BCUT2D eigenvalue weighted by Gasteiger charge is 2.30. The van der Waals surface area contributed by atoms with Crippen molar-refractivity contribution in [2.24, 2.45) is 17.8 Å². The minimum Gasteiger partial charge on any atom is -0.497 e. The lowest BCUT2D eigenvalue weighted by Gasteiger charge is -2.37. The molecule has 0 spiro atoms. The van der Waals surface area contributed by atoms with Crippen LogP contribution in [-0.4, -0.2) is 7.11 Å². The van der Waals surface area contributed by atoms with E-state index in [1.807, 2.05) is 0 Å². The lowest BCUT2D eigenvalue weighted by atomic mass is 9.68. The molecule has 1 nitrogen and oxygen atoms in total. The fourth-order valence-electron chi connectivity index (χ4n) is 4.56. The second kappa shape index (κ2) is 6.85. The van der Waals surface area contributed by atoms with E-state index in [0.717, 1.165) is 29.4 Å². The highest BCUT2D eigenvalue weighted by atomic mass is 16.5. The van der Waals surface area contributed by atoms with Gasteiger partial charge in [-0.25, -0.2) is 0 Å². The van der Waals surface area contributed by atoms with Crippen LogP contribution in [0, 0.1) is 17.8 Å². The van der Waals surface area contributed by atoms with E-state index >= 15 is 0 Å². The number of rotatable bonds is 3. The molecular formula is C20H30O. The normalized spacial score (nSPS) is 33.6. The third-order valence-electron chi connectivity index (χ3n) is 6.09. The Labute approximate surface area is 130 Å². The fraction of sp³-hybridized carbons (Fsp3) is 0.700. The lowest BCUT2D eigenvalue weighted by molar-refractivity contribution is 0.165. The summed E-state index contributed by atoms with van der Waals surface area (Å²) in [6.07, 6.45) is 11.6. The van der Waals surface area contributed by atoms with E-state index in [1.54, 1.807) is 7.11 Å². The van der Waals surface area contributed by atoms with Gasteiger partial charge in [-0.05, 0) is 79.9 Å². The van der Waals surface area contributed by atoms with Crippen LogP contribution in [0.1, 0.15) is 69.8 Å². The standard InChI is InChI=1S/C20H30O/c1-15-3-5-16(6-4-15)17-7-9-18(10-8-17)19-11-13-20(21-2)14-12-19/h11-18H,3-10H2,1-2H3. The van der Waals surface area contributed by atoms with Gasteiger partial charge in [0.2, 0.25) is 0 Å². The van der Waals surface area contributed by atoms with Gasteiger partial charge in [-0.15, -0.1) is 0 Å². The number of hydrogen-bond acceptors (Lipinski definition) is 1. The topological polar surface area (TPSA) is 9.23 Å². The van der Waals surface area contributed by atoms with E-state index in [1.165, 1.54) is 56.9 Å². The Hall–Kier alpha value is -0.980. The van der Waals surface area contributed by atoms with Crippen LogP contribution in [0.15, 0.2) is 24.3 Å². The highest BCUT2D eigenvalue weighted by molar-refractivity contribution is 5.29. The molecule has 1 aromatic rings. The monoisotopic (exact) mass is 286 g/mol. The quantitative estimate of drug-likeness (QED) is 0.682. The van der Waals surface area contributed by atoms with Gasteiger partial charge in [0.05, 0.1) is 7.11 Å². The molecule has 0 heterocycles. The molecule has 0 aliphatic heterocycles. The van der Waals surface area contributed by atoms with Crippen LogP contribution < -0.4 is 4.74 Å². The van der Waals surface area contributed by atoms with Crippen LogP contribution in [0.4, 0.5) is 0 Å². The van der Waals surface area contributed by atoms with Crippen LogP contribution in [-0.2, 0) is 0 Å². The molecular weight excluding hydrogens is 256 g/mol. The van der Waals surface area contributed by atoms with Gasteiger partial charge in [0, 0.05) is 0 Å². The number of hydrogen-bond donors (Lipinski definition) is 0. The van der Waals surface area contributed by atoms with Gasteiger partial charge in [0.1, 0.15) is 5.75 Å². The molecule has 0 aromatic heterocycles. The van der Waals surface area contributed by atoms with Gasteiger partial charge in [-0.3, -0.25) is 0 Å². The van der Waals surface area contributed by atoms with Crippen molar-refractivity contribution in [3.05, 3.63) is 29.8 Å². The zero-order chi connectivity index (χ0) is 14.7. The van der Waals surface area contributed by atoms with Gasteiger partial charge in [-0.2, -0.15) is 0 Å². The van der Waals surface area contributed by atoms with E-state index in [2.05, 4.69) is 31.2 Å². The molecule has 1 aromatic carbocycles. The number of benzene rings is 1. The number of methoxy groups -OCH3 is 1. The summed E-state index contributed by atoms with van der Waals surface area (Å²) in [6, 6.07) is 8.77. The third-order valence-corrected chi connectivity index (χ3v) is 6.09. The molecule has 0 N–H and O–H groups in total.